The fraction of sp³-hybridized carbons (Fsp3) is 0.444. The number of likely N-dealkylation sites (N-methyl/N-ethyl adjacent to an activating group) is 1. The number of hydrogen-bond acceptors (Lipinski definition) is 5. The van der Waals surface area contributed by atoms with Crippen molar-refractivity contribution in [1.29, 1.82) is 0 Å². The number of carbonyl (C=O) groups excluding carboxylic acids is 1. The second kappa shape index (κ2) is 7.49. The van der Waals surface area contributed by atoms with Gasteiger partial charge >= 0.3 is 0 Å². The minimum absolute atomic E-state index is 0.0336. The molecule has 134 valence electrons. The molecule has 1 aromatic heterocycles. The maximum atomic E-state index is 12.5. The average molecular weight is 360 g/mol. The van der Waals surface area contributed by atoms with Gasteiger partial charge in [0.15, 0.2) is 0 Å². The van der Waals surface area contributed by atoms with Crippen molar-refractivity contribution in [3.05, 3.63) is 36.0 Å². The number of thioether (sulfide) groups is 1. The number of ether oxygens (including phenoxy) is 1. The lowest BCUT2D eigenvalue weighted by atomic mass is 9.97. The highest BCUT2D eigenvalue weighted by atomic mass is 32.2. The smallest absolute Gasteiger partial charge is 0.269 e. The highest BCUT2D eigenvalue weighted by molar-refractivity contribution is 7.99. The molecule has 1 fully saturated rings. The highest BCUT2D eigenvalue weighted by Crippen LogP contribution is 2.31. The topological polar surface area (TPSA) is 70.2 Å². The molecule has 0 spiro atoms. The average Bonchev–Trinajstić information content (AvgIpc) is 3.30. The van der Waals surface area contributed by atoms with E-state index in [2.05, 4.69) is 34.5 Å². The third-order valence-electron chi connectivity index (χ3n) is 4.81. The third-order valence-corrected chi connectivity index (χ3v) is 6.05. The summed E-state index contributed by atoms with van der Waals surface area (Å²) in [5.74, 6) is 2.77. The zero-order valence-corrected chi connectivity index (χ0v) is 15.7. The molecule has 1 atom stereocenters. The summed E-state index contributed by atoms with van der Waals surface area (Å²) in [5.41, 5.74) is 2.05. The van der Waals surface area contributed by atoms with Crippen molar-refractivity contribution < 1.29 is 9.53 Å². The summed E-state index contributed by atoms with van der Waals surface area (Å²) in [7, 11) is 5.78. The Kier molecular flexibility index (Phi) is 5.34. The van der Waals surface area contributed by atoms with Crippen LogP contribution in [0.5, 0.6) is 5.75 Å². The normalized spacial score (nSPS) is 20.0. The van der Waals surface area contributed by atoms with Crippen LogP contribution in [0.15, 0.2) is 30.3 Å². The molecular weight excluding hydrogens is 336 g/mol. The van der Waals surface area contributed by atoms with Gasteiger partial charge in [-0.05, 0) is 44.5 Å². The van der Waals surface area contributed by atoms with Gasteiger partial charge in [-0.3, -0.25) is 9.89 Å². The van der Waals surface area contributed by atoms with Crippen LogP contribution in [0.1, 0.15) is 16.9 Å². The molecule has 25 heavy (non-hydrogen) atoms. The van der Waals surface area contributed by atoms with Crippen LogP contribution in [-0.2, 0) is 0 Å². The maximum absolute atomic E-state index is 12.5. The number of rotatable bonds is 6. The van der Waals surface area contributed by atoms with Crippen LogP contribution in [-0.4, -0.2) is 65.8 Å². The molecule has 7 heteroatoms. The van der Waals surface area contributed by atoms with E-state index in [0.717, 1.165) is 29.2 Å². The number of carbonyl (C=O) groups is 1. The molecule has 0 bridgehead atoms. The van der Waals surface area contributed by atoms with E-state index in [1.807, 2.05) is 36.0 Å². The van der Waals surface area contributed by atoms with Crippen molar-refractivity contribution in [3.63, 3.8) is 0 Å². The van der Waals surface area contributed by atoms with E-state index in [0.29, 0.717) is 17.9 Å². The minimum atomic E-state index is -0.133. The summed E-state index contributed by atoms with van der Waals surface area (Å²) in [6.07, 6.45) is 1.08. The minimum Gasteiger partial charge on any atom is -0.496 e. The summed E-state index contributed by atoms with van der Waals surface area (Å²) in [4.78, 5) is 14.7. The molecule has 1 saturated heterocycles. The standard InChI is InChI=1S/C18H24N4O2S/c1-22(2)18(8-9-25-12-18)11-19-17(23)15-10-14(20-21-15)13-6-4-5-7-16(13)24-3/h4-7,10H,8-9,11-12H2,1-3H3,(H,19,23)(H,20,21)/t18-/m1/s1. The van der Waals surface area contributed by atoms with Crippen molar-refractivity contribution >= 4 is 17.7 Å². The number of aromatic amines is 1. The predicted molar refractivity (Wildman–Crippen MR) is 101 cm³/mol. The van der Waals surface area contributed by atoms with Crippen LogP contribution in [0.25, 0.3) is 11.3 Å². The van der Waals surface area contributed by atoms with Crippen LogP contribution < -0.4 is 10.1 Å². The van der Waals surface area contributed by atoms with Crippen LogP contribution in [0.2, 0.25) is 0 Å². The van der Waals surface area contributed by atoms with Crippen molar-refractivity contribution in [3.8, 4) is 17.0 Å². The summed E-state index contributed by atoms with van der Waals surface area (Å²) in [6, 6.07) is 9.39. The number of aromatic nitrogens is 2. The molecular formula is C18H24N4O2S. The highest BCUT2D eigenvalue weighted by Gasteiger charge is 2.36. The number of para-hydroxylation sites is 1. The van der Waals surface area contributed by atoms with Gasteiger partial charge in [-0.1, -0.05) is 12.1 Å². The summed E-state index contributed by atoms with van der Waals surface area (Å²) >= 11 is 1.94. The summed E-state index contributed by atoms with van der Waals surface area (Å²) < 4.78 is 5.36. The first-order valence-corrected chi connectivity index (χ1v) is 9.43. The second-order valence-electron chi connectivity index (χ2n) is 6.47. The van der Waals surface area contributed by atoms with Crippen molar-refractivity contribution in [1.82, 2.24) is 20.4 Å². The molecule has 2 aromatic rings. The van der Waals surface area contributed by atoms with Crippen LogP contribution >= 0.6 is 11.8 Å². The molecule has 1 aromatic carbocycles. The van der Waals surface area contributed by atoms with Gasteiger partial charge in [0.2, 0.25) is 0 Å². The Labute approximate surface area is 152 Å². The van der Waals surface area contributed by atoms with Gasteiger partial charge in [0.05, 0.1) is 12.8 Å². The molecule has 0 unspecified atom stereocenters. The lowest BCUT2D eigenvalue weighted by Gasteiger charge is -2.35. The Morgan fingerprint density at radius 1 is 1.44 bits per heavy atom. The fourth-order valence-corrected chi connectivity index (χ4v) is 4.57. The largest absolute Gasteiger partial charge is 0.496 e. The van der Waals surface area contributed by atoms with Gasteiger partial charge in [-0.25, -0.2) is 0 Å². The molecule has 0 saturated carbocycles. The molecule has 0 radical (unpaired) electrons. The van der Waals surface area contributed by atoms with Crippen molar-refractivity contribution in [2.24, 2.45) is 0 Å². The van der Waals surface area contributed by atoms with Gasteiger partial charge in [0.1, 0.15) is 11.4 Å². The van der Waals surface area contributed by atoms with Crippen LogP contribution in [0.3, 0.4) is 0 Å². The van der Waals surface area contributed by atoms with E-state index in [4.69, 9.17) is 4.74 Å². The monoisotopic (exact) mass is 360 g/mol. The Bertz CT molecular complexity index is 738. The van der Waals surface area contributed by atoms with Gasteiger partial charge in [0.25, 0.3) is 5.91 Å². The third kappa shape index (κ3) is 3.67. The van der Waals surface area contributed by atoms with Gasteiger partial charge in [0, 0.05) is 23.4 Å². The molecule has 2 heterocycles. The zero-order valence-electron chi connectivity index (χ0n) is 14.8. The van der Waals surface area contributed by atoms with Gasteiger partial charge < -0.3 is 15.0 Å². The SMILES string of the molecule is COc1ccccc1-c1cc(C(=O)NC[C@]2(N(C)C)CCSC2)[nH]n1. The lowest BCUT2D eigenvalue weighted by molar-refractivity contribution is 0.0909. The molecule has 3 rings (SSSR count). The number of benzene rings is 1. The van der Waals surface area contributed by atoms with Crippen molar-refractivity contribution in [2.75, 3.05) is 39.3 Å². The van der Waals surface area contributed by atoms with E-state index < -0.39 is 0 Å². The number of hydrogen-bond donors (Lipinski definition) is 2. The predicted octanol–water partition coefficient (Wildman–Crippen LogP) is 2.25. The zero-order chi connectivity index (χ0) is 17.9. The first-order valence-electron chi connectivity index (χ1n) is 8.28. The van der Waals surface area contributed by atoms with E-state index in [9.17, 15) is 4.79 Å². The van der Waals surface area contributed by atoms with E-state index >= 15 is 0 Å². The van der Waals surface area contributed by atoms with E-state index in [1.165, 1.54) is 0 Å². The Morgan fingerprint density at radius 2 is 2.24 bits per heavy atom. The quantitative estimate of drug-likeness (QED) is 0.827. The number of H-pyrrole nitrogens is 1. The summed E-state index contributed by atoms with van der Waals surface area (Å²) in [6.45, 7) is 0.634. The number of nitrogens with one attached hydrogen (secondary N) is 2. The lowest BCUT2D eigenvalue weighted by Crippen LogP contribution is -2.53. The molecule has 2 N–H and O–H groups in total. The van der Waals surface area contributed by atoms with E-state index in [1.54, 1.807) is 13.2 Å². The molecule has 1 aliphatic heterocycles. The Hall–Kier alpha value is -1.99. The van der Waals surface area contributed by atoms with Crippen molar-refractivity contribution in [2.45, 2.75) is 12.0 Å². The number of nitrogens with zero attached hydrogens (tertiary/aromatic N) is 2. The van der Waals surface area contributed by atoms with Gasteiger partial charge in [-0.2, -0.15) is 16.9 Å². The fourth-order valence-electron chi connectivity index (χ4n) is 3.02. The first kappa shape index (κ1) is 17.8. The van der Waals surface area contributed by atoms with Gasteiger partial charge in [-0.15, -0.1) is 0 Å². The molecule has 1 amide bonds. The first-order chi connectivity index (χ1) is 12.1. The van der Waals surface area contributed by atoms with Crippen LogP contribution in [0.4, 0.5) is 0 Å². The van der Waals surface area contributed by atoms with E-state index in [-0.39, 0.29) is 11.4 Å². The number of amides is 1. The second-order valence-corrected chi connectivity index (χ2v) is 7.58. The molecule has 1 aliphatic rings. The molecule has 0 aliphatic carbocycles. The maximum Gasteiger partial charge on any atom is 0.269 e. The Morgan fingerprint density at radius 3 is 2.92 bits per heavy atom. The molecule has 6 nitrogen and oxygen atoms in total. The van der Waals surface area contributed by atoms with Crippen LogP contribution in [0, 0.1) is 0 Å². The Balaban J connectivity index is 1.71. The summed E-state index contributed by atoms with van der Waals surface area (Å²) in [5, 5.41) is 10.2. The number of methoxy groups -OCH3 is 1.